The van der Waals surface area contributed by atoms with Crippen LogP contribution < -0.4 is 3.58 Å². The monoisotopic (exact) mass is 573 g/mol. The van der Waals surface area contributed by atoms with E-state index in [2.05, 4.69) is 111 Å². The molecule has 164 valence electrons. The van der Waals surface area contributed by atoms with Crippen LogP contribution in [0.3, 0.4) is 0 Å². The Morgan fingerprint density at radius 1 is 0.767 bits per heavy atom. The molecule has 0 saturated carbocycles. The van der Waals surface area contributed by atoms with Crippen LogP contribution in [0.15, 0.2) is 30.5 Å². The van der Waals surface area contributed by atoms with Gasteiger partial charge in [0.2, 0.25) is 0 Å². The number of benzene rings is 1. The molecule has 2 rings (SSSR count). The van der Waals surface area contributed by atoms with Crippen molar-refractivity contribution in [3.05, 3.63) is 50.4 Å². The summed E-state index contributed by atoms with van der Waals surface area (Å²) in [5.74, 6) is 0. The molecule has 0 N–H and O–H groups in total. The number of hydrogen-bond donors (Lipinski definition) is 0. The Balaban J connectivity index is -0.000000955. The molecule has 7 heteroatoms. The Hall–Kier alpha value is -0.472. The molecule has 0 saturated heterocycles. The first kappa shape index (κ1) is 34.1. The molecule has 0 amide bonds. The van der Waals surface area contributed by atoms with Gasteiger partial charge in [-0.15, -0.1) is 0 Å². The molecule has 0 radical (unpaired) electrons. The molecule has 2 aromatic rings. The normalized spacial score (nSPS) is 10.7. The Bertz CT molecular complexity index is 781. The first-order valence-electron chi connectivity index (χ1n) is 9.76. The maximum Gasteiger partial charge on any atom is 0 e. The van der Waals surface area contributed by atoms with E-state index in [0.29, 0.717) is 0 Å². The number of hydrogen-bond acceptors (Lipinski definition) is 0. The number of rotatable bonds is 5. The number of nitrogens with zero attached hydrogens (tertiary/aromatic N) is 1. The largest absolute Gasteiger partial charge is 0 e. The van der Waals surface area contributed by atoms with Gasteiger partial charge in [0.05, 0.1) is 0 Å². The summed E-state index contributed by atoms with van der Waals surface area (Å²) in [6.45, 7) is 28.2. The summed E-state index contributed by atoms with van der Waals surface area (Å²) >= 11 is -2.09. The van der Waals surface area contributed by atoms with E-state index in [-0.39, 0.29) is 17.4 Å². The molecule has 0 fully saturated rings. The first-order valence-corrected chi connectivity index (χ1v) is 21.9. The molecule has 0 atom stereocenters. The molecule has 0 aliphatic carbocycles. The topological polar surface area (TPSA) is 64.6 Å². The van der Waals surface area contributed by atoms with Gasteiger partial charge in [0, 0.05) is 17.4 Å². The molecular formula is C23H35CrNO3SiSn. The SMILES string of the molecule is CC(C)[Si](C(C)C)(C(C)C)n1ccc2[c]([Sn]([CH3])([CH3])[CH3])cccc21.[C-]#[O+].[C-]#[O+].[C-]#[O+].[Cr]. The Morgan fingerprint density at radius 2 is 1.17 bits per heavy atom. The number of fused-ring (bicyclic) bond motifs is 1. The maximum absolute atomic E-state index is 7.50. The summed E-state index contributed by atoms with van der Waals surface area (Å²) in [5, 5.41) is 1.54. The third-order valence-corrected chi connectivity index (χ3v) is 18.4. The standard InChI is InChI=1S/C17H26NSi.3CO.3CH3.Cr.Sn/c1-13(2)19(14(3)4,15(5)6)18-12-11-16-9-7-8-10-17(16)18;3*1-2;;;;;/h7-8,10-15H,1-6H3;;;;3*1H3;;. The van der Waals surface area contributed by atoms with E-state index in [9.17, 15) is 0 Å². The zero-order valence-corrected chi connectivity index (χ0v) is 24.8. The minimum Gasteiger partial charge on any atom is 0 e. The van der Waals surface area contributed by atoms with Crippen molar-refractivity contribution in [2.24, 2.45) is 0 Å². The smallest absolute Gasteiger partial charge is 0 e. The third-order valence-electron chi connectivity index (χ3n) is 5.73. The fraction of sp³-hybridized carbons (Fsp3) is 0.522. The quantitative estimate of drug-likeness (QED) is 0.237. The zero-order chi connectivity index (χ0) is 23.6. The molecule has 0 spiro atoms. The summed E-state index contributed by atoms with van der Waals surface area (Å²) in [4.78, 5) is 7.58. The van der Waals surface area contributed by atoms with Gasteiger partial charge in [0.25, 0.3) is 0 Å². The maximum atomic E-state index is 7.50. The second-order valence-corrected chi connectivity index (χ2v) is 29.1. The van der Waals surface area contributed by atoms with Gasteiger partial charge in [-0.25, -0.2) is 0 Å². The predicted octanol–water partition coefficient (Wildman–Crippen LogP) is 6.10. The molecule has 1 heterocycles. The van der Waals surface area contributed by atoms with E-state index < -0.39 is 26.6 Å². The molecule has 0 bridgehead atoms. The van der Waals surface area contributed by atoms with Gasteiger partial charge in [0.15, 0.2) is 0 Å². The van der Waals surface area contributed by atoms with Gasteiger partial charge in [-0.1, -0.05) is 0 Å². The van der Waals surface area contributed by atoms with Crippen molar-refractivity contribution < 1.29 is 31.3 Å². The van der Waals surface area contributed by atoms with Crippen molar-refractivity contribution >= 4 is 41.1 Å². The van der Waals surface area contributed by atoms with E-state index in [0.717, 1.165) is 16.6 Å². The summed E-state index contributed by atoms with van der Waals surface area (Å²) < 4.78 is 26.9. The molecule has 0 aliphatic heterocycles. The van der Waals surface area contributed by atoms with E-state index in [1.165, 1.54) is 10.9 Å². The van der Waals surface area contributed by atoms with Gasteiger partial charge in [0.1, 0.15) is 0 Å². The van der Waals surface area contributed by atoms with Gasteiger partial charge < -0.3 is 0 Å². The number of aromatic nitrogens is 1. The predicted molar refractivity (Wildman–Crippen MR) is 123 cm³/mol. The molecular weight excluding hydrogens is 537 g/mol. The summed E-state index contributed by atoms with van der Waals surface area (Å²) in [5.41, 5.74) is 3.71. The first-order chi connectivity index (χ1) is 13.5. The van der Waals surface area contributed by atoms with E-state index in [1.807, 2.05) is 0 Å². The third kappa shape index (κ3) is 7.02. The van der Waals surface area contributed by atoms with Crippen LogP contribution in [-0.2, 0) is 31.3 Å². The Labute approximate surface area is 199 Å². The van der Waals surface area contributed by atoms with Crippen molar-refractivity contribution in [3.8, 4) is 0 Å². The second kappa shape index (κ2) is 15.4. The van der Waals surface area contributed by atoms with E-state index >= 15 is 0 Å². The van der Waals surface area contributed by atoms with Gasteiger partial charge in [-0.2, -0.15) is 0 Å². The van der Waals surface area contributed by atoms with Crippen molar-refractivity contribution in [1.29, 1.82) is 0 Å². The van der Waals surface area contributed by atoms with Crippen LogP contribution in [0.4, 0.5) is 0 Å². The van der Waals surface area contributed by atoms with Crippen molar-refractivity contribution in [2.75, 3.05) is 0 Å². The molecule has 4 nitrogen and oxygen atoms in total. The summed E-state index contributed by atoms with van der Waals surface area (Å²) in [6, 6.07) is 9.48. The van der Waals surface area contributed by atoms with Crippen LogP contribution in [0.1, 0.15) is 41.5 Å². The van der Waals surface area contributed by atoms with Crippen LogP contribution in [0, 0.1) is 20.0 Å². The van der Waals surface area contributed by atoms with Crippen LogP contribution in [0.2, 0.25) is 31.4 Å². The fourth-order valence-electron chi connectivity index (χ4n) is 4.99. The average molecular weight is 572 g/mol. The van der Waals surface area contributed by atoms with E-state index in [4.69, 9.17) is 14.0 Å². The molecule has 30 heavy (non-hydrogen) atoms. The summed E-state index contributed by atoms with van der Waals surface area (Å²) in [7, 11) is -1.66. The van der Waals surface area contributed by atoms with Gasteiger partial charge in [-0.3, -0.25) is 0 Å². The fourth-order valence-corrected chi connectivity index (χ4v) is 16.2. The van der Waals surface area contributed by atoms with Crippen LogP contribution in [0.5, 0.6) is 0 Å². The second-order valence-electron chi connectivity index (χ2n) is 9.03. The zero-order valence-electron chi connectivity index (χ0n) is 19.7. The molecule has 0 unspecified atom stereocenters. The van der Waals surface area contributed by atoms with Crippen LogP contribution in [0.25, 0.3) is 10.9 Å². The van der Waals surface area contributed by atoms with Crippen molar-refractivity contribution in [1.82, 2.24) is 4.23 Å². The molecule has 1 aromatic carbocycles. The van der Waals surface area contributed by atoms with Gasteiger partial charge >= 0.3 is 183 Å². The van der Waals surface area contributed by atoms with Crippen molar-refractivity contribution in [2.45, 2.75) is 73.0 Å². The van der Waals surface area contributed by atoms with E-state index in [1.54, 1.807) is 3.58 Å². The Kier molecular flexibility index (Phi) is 17.5. The minimum atomic E-state index is -2.09. The minimum absolute atomic E-state index is 0. The van der Waals surface area contributed by atoms with Crippen LogP contribution in [-0.4, -0.2) is 30.8 Å². The molecule has 1 aromatic heterocycles. The summed E-state index contributed by atoms with van der Waals surface area (Å²) in [6.07, 6.45) is 2.43. The van der Waals surface area contributed by atoms with Gasteiger partial charge in [-0.05, 0) is 0 Å². The van der Waals surface area contributed by atoms with Crippen LogP contribution >= 0.6 is 0 Å². The average Bonchev–Trinajstić information content (AvgIpc) is 3.10. The Morgan fingerprint density at radius 3 is 1.50 bits per heavy atom. The molecule has 0 aliphatic rings. The van der Waals surface area contributed by atoms with Crippen molar-refractivity contribution in [3.63, 3.8) is 0 Å².